The second-order valence-corrected chi connectivity index (χ2v) is 4.41. The first-order valence-electron chi connectivity index (χ1n) is 5.29. The van der Waals surface area contributed by atoms with Crippen molar-refractivity contribution in [3.8, 4) is 0 Å². The van der Waals surface area contributed by atoms with Crippen LogP contribution >= 0.6 is 0 Å². The van der Waals surface area contributed by atoms with Crippen molar-refractivity contribution in [2.75, 3.05) is 6.54 Å². The first-order valence-corrected chi connectivity index (χ1v) is 5.29. The molecule has 0 radical (unpaired) electrons. The van der Waals surface area contributed by atoms with Crippen molar-refractivity contribution in [3.05, 3.63) is 0 Å². The molecule has 0 aromatic carbocycles. The Morgan fingerprint density at radius 3 is 2.77 bits per heavy atom. The molecule has 1 heterocycles. The van der Waals surface area contributed by atoms with Crippen LogP contribution in [-0.2, 0) is 4.79 Å². The molecule has 3 nitrogen and oxygen atoms in total. The lowest BCUT2D eigenvalue weighted by Gasteiger charge is -2.39. The summed E-state index contributed by atoms with van der Waals surface area (Å²) in [5.41, 5.74) is 5.61. The Labute approximate surface area is 79.1 Å². The van der Waals surface area contributed by atoms with Gasteiger partial charge in [-0.1, -0.05) is 6.42 Å². The van der Waals surface area contributed by atoms with E-state index in [-0.39, 0.29) is 5.91 Å². The fourth-order valence-electron chi connectivity index (χ4n) is 2.36. The van der Waals surface area contributed by atoms with Crippen molar-refractivity contribution in [3.63, 3.8) is 0 Å². The molecule has 2 aliphatic rings. The molecule has 1 amide bonds. The summed E-state index contributed by atoms with van der Waals surface area (Å²) in [6.07, 6.45) is 5.67. The summed E-state index contributed by atoms with van der Waals surface area (Å²) in [6.45, 7) is 0.663. The highest BCUT2D eigenvalue weighted by Crippen LogP contribution is 2.34. The van der Waals surface area contributed by atoms with E-state index in [0.29, 0.717) is 24.9 Å². The average molecular weight is 182 g/mol. The average Bonchev–Trinajstić information content (AvgIpc) is 2.00. The zero-order chi connectivity index (χ0) is 9.26. The quantitative estimate of drug-likeness (QED) is 0.658. The highest BCUT2D eigenvalue weighted by molar-refractivity contribution is 5.77. The van der Waals surface area contributed by atoms with Crippen molar-refractivity contribution in [2.24, 2.45) is 17.6 Å². The molecular formula is C10H18N2O. The van der Waals surface area contributed by atoms with E-state index >= 15 is 0 Å². The highest BCUT2D eigenvalue weighted by Gasteiger charge is 2.33. The fourth-order valence-corrected chi connectivity index (χ4v) is 2.36. The van der Waals surface area contributed by atoms with Gasteiger partial charge in [-0.15, -0.1) is 0 Å². The van der Waals surface area contributed by atoms with Crippen LogP contribution in [0, 0.1) is 11.8 Å². The normalized spacial score (nSPS) is 35.3. The van der Waals surface area contributed by atoms with E-state index < -0.39 is 0 Å². The second-order valence-electron chi connectivity index (χ2n) is 4.41. The predicted molar refractivity (Wildman–Crippen MR) is 51.1 cm³/mol. The number of carbonyl (C=O) groups is 1. The molecule has 3 heteroatoms. The highest BCUT2D eigenvalue weighted by atomic mass is 16.1. The number of carbonyl (C=O) groups excluding carboxylic acids is 1. The van der Waals surface area contributed by atoms with Crippen molar-refractivity contribution < 1.29 is 4.79 Å². The standard InChI is InChI=1S/C10H18N2O/c11-6-7-4-9(8-2-1-3-8)12-10(13)5-7/h7-9H,1-6,11H2,(H,12,13). The third-order valence-electron chi connectivity index (χ3n) is 3.46. The lowest BCUT2D eigenvalue weighted by molar-refractivity contribution is -0.125. The van der Waals surface area contributed by atoms with Gasteiger partial charge in [0.05, 0.1) is 0 Å². The van der Waals surface area contributed by atoms with Crippen LogP contribution in [-0.4, -0.2) is 18.5 Å². The van der Waals surface area contributed by atoms with Crippen LogP contribution in [0.15, 0.2) is 0 Å². The van der Waals surface area contributed by atoms with Gasteiger partial charge in [-0.25, -0.2) is 0 Å². The van der Waals surface area contributed by atoms with Crippen molar-refractivity contribution >= 4 is 5.91 Å². The first kappa shape index (κ1) is 9.00. The van der Waals surface area contributed by atoms with E-state index in [1.807, 2.05) is 0 Å². The molecule has 2 rings (SSSR count). The Balaban J connectivity index is 1.91. The lowest BCUT2D eigenvalue weighted by Crippen LogP contribution is -2.49. The Morgan fingerprint density at radius 2 is 2.23 bits per heavy atom. The maximum Gasteiger partial charge on any atom is 0.220 e. The summed E-state index contributed by atoms with van der Waals surface area (Å²) in [5.74, 6) is 1.39. The van der Waals surface area contributed by atoms with E-state index in [0.717, 1.165) is 12.3 Å². The Bertz CT molecular complexity index is 201. The largest absolute Gasteiger partial charge is 0.353 e. The van der Waals surface area contributed by atoms with Gasteiger partial charge >= 0.3 is 0 Å². The van der Waals surface area contributed by atoms with Gasteiger partial charge in [0, 0.05) is 12.5 Å². The van der Waals surface area contributed by atoms with Gasteiger partial charge in [0.1, 0.15) is 0 Å². The number of amides is 1. The van der Waals surface area contributed by atoms with E-state index in [1.165, 1.54) is 19.3 Å². The summed E-state index contributed by atoms with van der Waals surface area (Å²) >= 11 is 0. The summed E-state index contributed by atoms with van der Waals surface area (Å²) in [5, 5.41) is 3.09. The third kappa shape index (κ3) is 1.85. The molecule has 0 aromatic rings. The van der Waals surface area contributed by atoms with Crippen LogP contribution in [0.5, 0.6) is 0 Å². The molecule has 0 spiro atoms. The van der Waals surface area contributed by atoms with Gasteiger partial charge in [-0.3, -0.25) is 4.79 Å². The fraction of sp³-hybridized carbons (Fsp3) is 0.900. The van der Waals surface area contributed by atoms with Crippen LogP contribution in [0.4, 0.5) is 0 Å². The molecule has 2 unspecified atom stereocenters. The van der Waals surface area contributed by atoms with E-state index in [2.05, 4.69) is 5.32 Å². The first-order chi connectivity index (χ1) is 6.29. The van der Waals surface area contributed by atoms with E-state index in [1.54, 1.807) is 0 Å². The molecule has 0 bridgehead atoms. The summed E-state index contributed by atoms with van der Waals surface area (Å²) in [6, 6.07) is 0.434. The topological polar surface area (TPSA) is 55.1 Å². The van der Waals surface area contributed by atoms with Gasteiger partial charge in [0.15, 0.2) is 0 Å². The van der Waals surface area contributed by atoms with Gasteiger partial charge in [0.2, 0.25) is 5.91 Å². The van der Waals surface area contributed by atoms with Gasteiger partial charge in [-0.2, -0.15) is 0 Å². The molecule has 2 atom stereocenters. The van der Waals surface area contributed by atoms with Gasteiger partial charge in [0.25, 0.3) is 0 Å². The number of hydrogen-bond acceptors (Lipinski definition) is 2. The minimum atomic E-state index is 0.207. The lowest BCUT2D eigenvalue weighted by atomic mass is 9.75. The maximum atomic E-state index is 11.3. The van der Waals surface area contributed by atoms with E-state index in [9.17, 15) is 4.79 Å². The molecule has 0 aromatic heterocycles. The molecule has 13 heavy (non-hydrogen) atoms. The third-order valence-corrected chi connectivity index (χ3v) is 3.46. The van der Waals surface area contributed by atoms with Crippen LogP contribution in [0.3, 0.4) is 0 Å². The molecule has 1 saturated heterocycles. The number of rotatable bonds is 2. The summed E-state index contributed by atoms with van der Waals surface area (Å²) in [7, 11) is 0. The zero-order valence-corrected chi connectivity index (χ0v) is 7.96. The number of nitrogens with two attached hydrogens (primary N) is 1. The van der Waals surface area contributed by atoms with Crippen molar-refractivity contribution in [1.29, 1.82) is 0 Å². The van der Waals surface area contributed by atoms with Crippen molar-refractivity contribution in [1.82, 2.24) is 5.32 Å². The molecule has 3 N–H and O–H groups in total. The van der Waals surface area contributed by atoms with Gasteiger partial charge < -0.3 is 11.1 Å². The maximum absolute atomic E-state index is 11.3. The number of hydrogen-bond donors (Lipinski definition) is 2. The molecular weight excluding hydrogens is 164 g/mol. The van der Waals surface area contributed by atoms with Crippen LogP contribution in [0.2, 0.25) is 0 Å². The molecule has 1 aliphatic heterocycles. The summed E-state index contributed by atoms with van der Waals surface area (Å²) in [4.78, 5) is 11.3. The van der Waals surface area contributed by atoms with Crippen LogP contribution in [0.1, 0.15) is 32.1 Å². The smallest absolute Gasteiger partial charge is 0.220 e. The molecule has 1 aliphatic carbocycles. The van der Waals surface area contributed by atoms with E-state index in [4.69, 9.17) is 5.73 Å². The minimum Gasteiger partial charge on any atom is -0.353 e. The van der Waals surface area contributed by atoms with Crippen molar-refractivity contribution in [2.45, 2.75) is 38.1 Å². The molecule has 2 fully saturated rings. The predicted octanol–water partition coefficient (Wildman–Crippen LogP) is 0.640. The Morgan fingerprint density at radius 1 is 1.46 bits per heavy atom. The monoisotopic (exact) mass is 182 g/mol. The van der Waals surface area contributed by atoms with Crippen LogP contribution < -0.4 is 11.1 Å². The molecule has 74 valence electrons. The minimum absolute atomic E-state index is 0.207. The van der Waals surface area contributed by atoms with Gasteiger partial charge in [-0.05, 0) is 37.6 Å². The van der Waals surface area contributed by atoms with Crippen LogP contribution in [0.25, 0.3) is 0 Å². The summed E-state index contributed by atoms with van der Waals surface area (Å²) < 4.78 is 0. The molecule has 1 saturated carbocycles. The zero-order valence-electron chi connectivity index (χ0n) is 7.96. The number of piperidine rings is 1. The second kappa shape index (κ2) is 3.66. The Hall–Kier alpha value is -0.570. The Kier molecular flexibility index (Phi) is 2.54. The SMILES string of the molecule is NCC1CC(=O)NC(C2CCC2)C1. The number of nitrogens with one attached hydrogen (secondary N) is 1.